The monoisotopic (exact) mass is 297 g/mol. The van der Waals surface area contributed by atoms with Crippen molar-refractivity contribution in [2.45, 2.75) is 6.54 Å². The van der Waals surface area contributed by atoms with Crippen LogP contribution in [0.5, 0.6) is 5.75 Å². The molecule has 22 heavy (non-hydrogen) atoms. The summed E-state index contributed by atoms with van der Waals surface area (Å²) in [7, 11) is 3.01. The molecule has 4 heteroatoms. The molecule has 0 heterocycles. The number of nitrogens with one attached hydrogen (secondary N) is 1. The number of methoxy groups -OCH3 is 2. The highest BCUT2D eigenvalue weighted by molar-refractivity contribution is 5.86. The van der Waals surface area contributed by atoms with E-state index in [1.165, 1.54) is 13.2 Å². The zero-order chi connectivity index (χ0) is 15.8. The molecule has 0 saturated heterocycles. The molecule has 0 amide bonds. The molecule has 0 aliphatic carbocycles. The molecule has 0 aromatic heterocycles. The molecule has 0 unspecified atom stereocenters. The van der Waals surface area contributed by atoms with Crippen LogP contribution in [0, 0.1) is 0 Å². The van der Waals surface area contributed by atoms with Crippen LogP contribution in [0.3, 0.4) is 0 Å². The van der Waals surface area contributed by atoms with Crippen LogP contribution in [0.25, 0.3) is 6.08 Å². The predicted octanol–water partition coefficient (Wildman–Crippen LogP) is 3.49. The lowest BCUT2D eigenvalue weighted by Crippen LogP contribution is -1.99. The van der Waals surface area contributed by atoms with Gasteiger partial charge in [0, 0.05) is 18.3 Å². The van der Waals surface area contributed by atoms with Crippen LogP contribution in [0.15, 0.2) is 54.6 Å². The van der Waals surface area contributed by atoms with E-state index in [-0.39, 0.29) is 5.97 Å². The van der Waals surface area contributed by atoms with E-state index in [0.29, 0.717) is 0 Å². The summed E-state index contributed by atoms with van der Waals surface area (Å²) in [5.41, 5.74) is 3.15. The number of carbonyl (C=O) groups is 1. The molecule has 0 radical (unpaired) electrons. The minimum absolute atomic E-state index is 0.356. The summed E-state index contributed by atoms with van der Waals surface area (Å²) in [6, 6.07) is 15.8. The third kappa shape index (κ3) is 4.66. The first-order valence-electron chi connectivity index (χ1n) is 6.94. The van der Waals surface area contributed by atoms with Crippen molar-refractivity contribution in [1.82, 2.24) is 0 Å². The van der Waals surface area contributed by atoms with Crippen LogP contribution in [-0.2, 0) is 16.1 Å². The van der Waals surface area contributed by atoms with Gasteiger partial charge in [-0.2, -0.15) is 0 Å². The Labute approximate surface area is 130 Å². The van der Waals surface area contributed by atoms with Gasteiger partial charge in [-0.1, -0.05) is 24.3 Å². The number of anilines is 1. The smallest absolute Gasteiger partial charge is 0.330 e. The second-order valence-electron chi connectivity index (χ2n) is 4.68. The lowest BCUT2D eigenvalue weighted by atomic mass is 10.1. The van der Waals surface area contributed by atoms with Crippen molar-refractivity contribution in [1.29, 1.82) is 0 Å². The molecule has 4 nitrogen and oxygen atoms in total. The van der Waals surface area contributed by atoms with E-state index >= 15 is 0 Å². The second-order valence-corrected chi connectivity index (χ2v) is 4.68. The molecule has 0 aliphatic rings. The van der Waals surface area contributed by atoms with Gasteiger partial charge in [-0.3, -0.25) is 0 Å². The number of ether oxygens (including phenoxy) is 2. The van der Waals surface area contributed by atoms with Crippen molar-refractivity contribution in [3.8, 4) is 5.75 Å². The van der Waals surface area contributed by atoms with Crippen molar-refractivity contribution >= 4 is 17.7 Å². The van der Waals surface area contributed by atoms with Crippen molar-refractivity contribution in [2.75, 3.05) is 19.5 Å². The maximum Gasteiger partial charge on any atom is 0.330 e. The van der Waals surface area contributed by atoms with Gasteiger partial charge in [-0.05, 0) is 41.5 Å². The fourth-order valence-electron chi connectivity index (χ4n) is 1.89. The first-order valence-corrected chi connectivity index (χ1v) is 6.94. The first kappa shape index (κ1) is 15.6. The quantitative estimate of drug-likeness (QED) is 0.655. The highest BCUT2D eigenvalue weighted by Crippen LogP contribution is 2.16. The van der Waals surface area contributed by atoms with Gasteiger partial charge in [-0.15, -0.1) is 0 Å². The molecule has 0 spiro atoms. The summed E-state index contributed by atoms with van der Waals surface area (Å²) < 4.78 is 9.68. The number of rotatable bonds is 6. The standard InChI is InChI=1S/C18H19NO3/c1-21-17-10-8-16(9-11-17)19-13-15-5-3-14(4-6-15)7-12-18(20)22-2/h3-12,19H,13H2,1-2H3. The Hall–Kier alpha value is -2.75. The highest BCUT2D eigenvalue weighted by Gasteiger charge is 1.97. The average Bonchev–Trinajstić information content (AvgIpc) is 2.59. The Balaban J connectivity index is 1.90. The summed E-state index contributed by atoms with van der Waals surface area (Å²) in [5, 5.41) is 3.34. The topological polar surface area (TPSA) is 47.6 Å². The molecule has 0 atom stereocenters. The molecule has 0 aliphatic heterocycles. The average molecular weight is 297 g/mol. The van der Waals surface area contributed by atoms with E-state index < -0.39 is 0 Å². The highest BCUT2D eigenvalue weighted by atomic mass is 16.5. The lowest BCUT2D eigenvalue weighted by Gasteiger charge is -2.07. The van der Waals surface area contributed by atoms with Crippen LogP contribution in [0.2, 0.25) is 0 Å². The second kappa shape index (κ2) is 7.88. The Morgan fingerprint density at radius 3 is 2.32 bits per heavy atom. The number of carbonyl (C=O) groups excluding carboxylic acids is 1. The van der Waals surface area contributed by atoms with E-state index in [9.17, 15) is 4.79 Å². The Morgan fingerprint density at radius 2 is 1.73 bits per heavy atom. The van der Waals surface area contributed by atoms with E-state index in [1.807, 2.05) is 48.5 Å². The molecule has 0 saturated carbocycles. The third-order valence-corrected chi connectivity index (χ3v) is 3.18. The maximum atomic E-state index is 11.0. The summed E-state index contributed by atoms with van der Waals surface area (Å²) in [6.07, 6.45) is 3.14. The van der Waals surface area contributed by atoms with Gasteiger partial charge in [0.25, 0.3) is 0 Å². The number of benzene rings is 2. The molecule has 114 valence electrons. The Kier molecular flexibility index (Phi) is 5.60. The van der Waals surface area contributed by atoms with E-state index in [0.717, 1.165) is 29.1 Å². The fraction of sp³-hybridized carbons (Fsp3) is 0.167. The molecule has 2 rings (SSSR count). The van der Waals surface area contributed by atoms with E-state index in [2.05, 4.69) is 10.1 Å². The van der Waals surface area contributed by atoms with Crippen molar-refractivity contribution in [3.63, 3.8) is 0 Å². The van der Waals surface area contributed by atoms with Gasteiger partial charge in [0.1, 0.15) is 5.75 Å². The van der Waals surface area contributed by atoms with Gasteiger partial charge in [0.2, 0.25) is 0 Å². The molecular formula is C18H19NO3. The molecule has 2 aromatic rings. The van der Waals surface area contributed by atoms with Gasteiger partial charge in [-0.25, -0.2) is 4.79 Å². The summed E-state index contributed by atoms with van der Waals surface area (Å²) in [6.45, 7) is 0.729. The summed E-state index contributed by atoms with van der Waals surface area (Å²) in [4.78, 5) is 11.0. The number of hydrogen-bond acceptors (Lipinski definition) is 4. The van der Waals surface area contributed by atoms with Gasteiger partial charge < -0.3 is 14.8 Å². The van der Waals surface area contributed by atoms with Crippen LogP contribution in [-0.4, -0.2) is 20.2 Å². The minimum atomic E-state index is -0.356. The van der Waals surface area contributed by atoms with Crippen LogP contribution < -0.4 is 10.1 Å². The largest absolute Gasteiger partial charge is 0.497 e. The Morgan fingerprint density at radius 1 is 1.05 bits per heavy atom. The van der Waals surface area contributed by atoms with Gasteiger partial charge in [0.15, 0.2) is 0 Å². The first-order chi connectivity index (χ1) is 10.7. The Bertz CT molecular complexity index is 630. The molecule has 1 N–H and O–H groups in total. The molecular weight excluding hydrogens is 278 g/mol. The third-order valence-electron chi connectivity index (χ3n) is 3.18. The minimum Gasteiger partial charge on any atom is -0.497 e. The molecule has 2 aromatic carbocycles. The molecule has 0 bridgehead atoms. The lowest BCUT2D eigenvalue weighted by molar-refractivity contribution is -0.134. The summed E-state index contributed by atoms with van der Waals surface area (Å²) in [5.74, 6) is 0.484. The van der Waals surface area contributed by atoms with Crippen LogP contribution in [0.1, 0.15) is 11.1 Å². The van der Waals surface area contributed by atoms with Crippen molar-refractivity contribution < 1.29 is 14.3 Å². The zero-order valence-corrected chi connectivity index (χ0v) is 12.7. The van der Waals surface area contributed by atoms with E-state index in [4.69, 9.17) is 4.74 Å². The zero-order valence-electron chi connectivity index (χ0n) is 12.7. The predicted molar refractivity (Wildman–Crippen MR) is 87.8 cm³/mol. The van der Waals surface area contributed by atoms with Crippen LogP contribution >= 0.6 is 0 Å². The van der Waals surface area contributed by atoms with Crippen molar-refractivity contribution in [3.05, 3.63) is 65.7 Å². The van der Waals surface area contributed by atoms with Gasteiger partial charge in [0.05, 0.1) is 14.2 Å². The number of esters is 1. The molecule has 0 fully saturated rings. The maximum absolute atomic E-state index is 11.0. The normalized spacial score (nSPS) is 10.5. The van der Waals surface area contributed by atoms with Gasteiger partial charge >= 0.3 is 5.97 Å². The SMILES string of the molecule is COC(=O)C=Cc1ccc(CNc2ccc(OC)cc2)cc1. The fourth-order valence-corrected chi connectivity index (χ4v) is 1.89. The number of hydrogen-bond donors (Lipinski definition) is 1. The van der Waals surface area contributed by atoms with E-state index in [1.54, 1.807) is 13.2 Å². The summed E-state index contributed by atoms with van der Waals surface area (Å²) >= 11 is 0. The van der Waals surface area contributed by atoms with Crippen LogP contribution in [0.4, 0.5) is 5.69 Å². The van der Waals surface area contributed by atoms with Crippen molar-refractivity contribution in [2.24, 2.45) is 0 Å².